The van der Waals surface area contributed by atoms with Gasteiger partial charge >= 0.3 is 0 Å². The molecule has 0 aliphatic heterocycles. The van der Waals surface area contributed by atoms with Crippen LogP contribution in [0, 0.1) is 16.0 Å². The van der Waals surface area contributed by atoms with Gasteiger partial charge in [-0.25, -0.2) is 0 Å². The second-order valence-electron chi connectivity index (χ2n) is 2.87. The van der Waals surface area contributed by atoms with E-state index in [1.54, 1.807) is 0 Å². The average Bonchev–Trinajstić information content (AvgIpc) is 2.27. The van der Waals surface area contributed by atoms with E-state index in [2.05, 4.69) is 6.92 Å². The van der Waals surface area contributed by atoms with E-state index in [9.17, 15) is 10.1 Å². The van der Waals surface area contributed by atoms with Gasteiger partial charge in [0.2, 0.25) is 6.20 Å². The van der Waals surface area contributed by atoms with E-state index >= 15 is 0 Å². The van der Waals surface area contributed by atoms with E-state index in [4.69, 9.17) is 0 Å². The maximum Gasteiger partial charge on any atom is 0.235 e. The zero-order valence-corrected chi connectivity index (χ0v) is 7.38. The molecule has 0 spiro atoms. The molecule has 0 aromatic heterocycles. The minimum absolute atomic E-state index is 0.387. The van der Waals surface area contributed by atoms with Crippen molar-refractivity contribution in [2.45, 2.75) is 6.92 Å². The molecular weight excluding hydrogens is 166 g/mol. The van der Waals surface area contributed by atoms with Gasteiger partial charge in [-0.05, 0) is 11.5 Å². The molecule has 0 saturated carbocycles. The van der Waals surface area contributed by atoms with Gasteiger partial charge in [0.25, 0.3) is 0 Å². The molecule has 0 N–H and O–H groups in total. The van der Waals surface area contributed by atoms with Crippen LogP contribution >= 0.6 is 0 Å². The molecule has 1 unspecified atom stereocenters. The van der Waals surface area contributed by atoms with Crippen LogP contribution in [-0.2, 0) is 0 Å². The number of hydrogen-bond acceptors (Lipinski definition) is 2. The smallest absolute Gasteiger partial charge is 0.235 e. The molecule has 0 fully saturated rings. The largest absolute Gasteiger partial charge is 0.259 e. The van der Waals surface area contributed by atoms with Crippen molar-refractivity contribution >= 4 is 0 Å². The SMILES string of the molecule is CC1C=CC=C(/C=C/[N+](=O)[O-])C=C1. The Labute approximate surface area is 76.9 Å². The van der Waals surface area contributed by atoms with Crippen LogP contribution in [0.2, 0.25) is 0 Å². The van der Waals surface area contributed by atoms with Crippen LogP contribution < -0.4 is 0 Å². The Kier molecular flexibility index (Phi) is 3.20. The van der Waals surface area contributed by atoms with Gasteiger partial charge in [0.15, 0.2) is 0 Å². The summed E-state index contributed by atoms with van der Waals surface area (Å²) in [6, 6.07) is 0. The number of allylic oxidation sites excluding steroid dienone is 7. The molecule has 1 aliphatic carbocycles. The van der Waals surface area contributed by atoms with E-state index in [1.165, 1.54) is 6.08 Å². The van der Waals surface area contributed by atoms with Crippen molar-refractivity contribution in [2.75, 3.05) is 0 Å². The van der Waals surface area contributed by atoms with Crippen molar-refractivity contribution < 1.29 is 4.92 Å². The first kappa shape index (κ1) is 9.45. The third kappa shape index (κ3) is 3.51. The van der Waals surface area contributed by atoms with Gasteiger partial charge in [-0.1, -0.05) is 37.3 Å². The maximum absolute atomic E-state index is 10.0. The molecule has 0 heterocycles. The summed E-state index contributed by atoms with van der Waals surface area (Å²) in [5.74, 6) is 0.387. The molecule has 0 aromatic rings. The fraction of sp³-hybridized carbons (Fsp3) is 0.200. The molecule has 1 aliphatic rings. The lowest BCUT2D eigenvalue weighted by molar-refractivity contribution is -0.402. The molecule has 68 valence electrons. The standard InChI is InChI=1S/C10H11NO2/c1-9-3-2-4-10(6-5-9)7-8-11(12)13/h2-9H,1H3/b8-7+. The van der Waals surface area contributed by atoms with E-state index in [0.717, 1.165) is 11.8 Å². The summed E-state index contributed by atoms with van der Waals surface area (Å²) in [5.41, 5.74) is 0.845. The normalized spacial score (nSPS) is 21.6. The van der Waals surface area contributed by atoms with Crippen LogP contribution in [-0.4, -0.2) is 4.92 Å². The molecule has 13 heavy (non-hydrogen) atoms. The summed E-state index contributed by atoms with van der Waals surface area (Å²) < 4.78 is 0. The Hall–Kier alpha value is -1.64. The van der Waals surface area contributed by atoms with E-state index in [0.29, 0.717) is 5.92 Å². The quantitative estimate of drug-likeness (QED) is 0.480. The van der Waals surface area contributed by atoms with Crippen molar-refractivity contribution in [2.24, 2.45) is 5.92 Å². The van der Waals surface area contributed by atoms with E-state index in [-0.39, 0.29) is 0 Å². The van der Waals surface area contributed by atoms with Gasteiger partial charge in [0.05, 0.1) is 4.92 Å². The Morgan fingerprint density at radius 1 is 1.54 bits per heavy atom. The number of hydrogen-bond donors (Lipinski definition) is 0. The highest BCUT2D eigenvalue weighted by atomic mass is 16.6. The molecular formula is C10H11NO2. The summed E-state index contributed by atoms with van der Waals surface area (Å²) >= 11 is 0. The van der Waals surface area contributed by atoms with Crippen molar-refractivity contribution in [3.8, 4) is 0 Å². The second-order valence-corrected chi connectivity index (χ2v) is 2.87. The lowest BCUT2D eigenvalue weighted by atomic mass is 10.1. The topological polar surface area (TPSA) is 43.1 Å². The molecule has 0 aromatic carbocycles. The predicted molar refractivity (Wildman–Crippen MR) is 51.7 cm³/mol. The summed E-state index contributed by atoms with van der Waals surface area (Å²) in [6.07, 6.45) is 12.1. The zero-order valence-electron chi connectivity index (χ0n) is 7.38. The predicted octanol–water partition coefficient (Wildman–Crippen LogP) is 2.47. The highest BCUT2D eigenvalue weighted by Crippen LogP contribution is 2.10. The minimum atomic E-state index is -0.466. The van der Waals surface area contributed by atoms with Crippen molar-refractivity contribution in [3.63, 3.8) is 0 Å². The number of nitrogens with zero attached hydrogens (tertiary/aromatic N) is 1. The van der Waals surface area contributed by atoms with Gasteiger partial charge < -0.3 is 0 Å². The monoisotopic (exact) mass is 177 g/mol. The lowest BCUT2D eigenvalue weighted by Crippen LogP contribution is -1.83. The summed E-state index contributed by atoms with van der Waals surface area (Å²) in [5, 5.41) is 10.0. The van der Waals surface area contributed by atoms with Crippen molar-refractivity contribution in [3.05, 3.63) is 58.3 Å². The first-order valence-electron chi connectivity index (χ1n) is 4.07. The Morgan fingerprint density at radius 2 is 2.31 bits per heavy atom. The molecule has 0 amide bonds. The fourth-order valence-corrected chi connectivity index (χ4v) is 0.983. The fourth-order valence-electron chi connectivity index (χ4n) is 0.983. The van der Waals surface area contributed by atoms with Gasteiger partial charge in [-0.2, -0.15) is 0 Å². The Morgan fingerprint density at radius 3 is 3.00 bits per heavy atom. The third-order valence-electron chi connectivity index (χ3n) is 1.68. The summed E-state index contributed by atoms with van der Waals surface area (Å²) in [6.45, 7) is 2.06. The van der Waals surface area contributed by atoms with Gasteiger partial charge in [0, 0.05) is 6.08 Å². The van der Waals surface area contributed by atoms with Crippen molar-refractivity contribution in [1.29, 1.82) is 0 Å². The zero-order chi connectivity index (χ0) is 9.68. The molecule has 0 bridgehead atoms. The van der Waals surface area contributed by atoms with Crippen LogP contribution in [0.5, 0.6) is 0 Å². The molecule has 0 radical (unpaired) electrons. The maximum atomic E-state index is 10.0. The number of rotatable bonds is 2. The van der Waals surface area contributed by atoms with Gasteiger partial charge in [-0.15, -0.1) is 0 Å². The minimum Gasteiger partial charge on any atom is -0.259 e. The van der Waals surface area contributed by atoms with E-state index in [1.807, 2.05) is 30.4 Å². The Balaban J connectivity index is 2.71. The lowest BCUT2D eigenvalue weighted by Gasteiger charge is -1.92. The molecule has 3 nitrogen and oxygen atoms in total. The molecule has 1 rings (SSSR count). The van der Waals surface area contributed by atoms with Gasteiger partial charge in [0.1, 0.15) is 0 Å². The van der Waals surface area contributed by atoms with Crippen LogP contribution in [0.25, 0.3) is 0 Å². The summed E-state index contributed by atoms with van der Waals surface area (Å²) in [7, 11) is 0. The first-order valence-corrected chi connectivity index (χ1v) is 4.07. The highest BCUT2D eigenvalue weighted by molar-refractivity contribution is 5.35. The second kappa shape index (κ2) is 4.40. The third-order valence-corrected chi connectivity index (χ3v) is 1.68. The first-order chi connectivity index (χ1) is 6.18. The van der Waals surface area contributed by atoms with Crippen LogP contribution in [0.1, 0.15) is 6.92 Å². The van der Waals surface area contributed by atoms with Crippen LogP contribution in [0.3, 0.4) is 0 Å². The molecule has 1 atom stereocenters. The average molecular weight is 177 g/mol. The Bertz CT molecular complexity index is 311. The summed E-state index contributed by atoms with van der Waals surface area (Å²) in [4.78, 5) is 9.58. The molecule has 3 heteroatoms. The molecule has 0 saturated heterocycles. The number of nitro groups is 1. The highest BCUT2D eigenvalue weighted by Gasteiger charge is 1.95. The van der Waals surface area contributed by atoms with E-state index < -0.39 is 4.92 Å². The van der Waals surface area contributed by atoms with Gasteiger partial charge in [-0.3, -0.25) is 10.1 Å². The van der Waals surface area contributed by atoms with Crippen molar-refractivity contribution in [1.82, 2.24) is 0 Å². The van der Waals surface area contributed by atoms with Crippen LogP contribution in [0.15, 0.2) is 48.2 Å². The van der Waals surface area contributed by atoms with Crippen LogP contribution in [0.4, 0.5) is 0 Å².